The maximum Gasteiger partial charge on any atom is 0.317 e. The Morgan fingerprint density at radius 3 is 3.00 bits per heavy atom. The van der Waals surface area contributed by atoms with Crippen molar-refractivity contribution in [2.45, 2.75) is 12.8 Å². The molecule has 0 atom stereocenters. The minimum atomic E-state index is -0.0175. The van der Waals surface area contributed by atoms with Crippen LogP contribution in [-0.2, 0) is 6.42 Å². The Balaban J connectivity index is 1.45. The molecule has 1 aromatic heterocycles. The van der Waals surface area contributed by atoms with Crippen LogP contribution in [0.4, 0.5) is 9.93 Å². The molecule has 0 aliphatic carbocycles. The number of phenolic OH excluding ortho intramolecular Hbond substituents is 1. The van der Waals surface area contributed by atoms with E-state index in [0.717, 1.165) is 36.8 Å². The van der Waals surface area contributed by atoms with E-state index in [1.807, 2.05) is 28.6 Å². The van der Waals surface area contributed by atoms with Crippen LogP contribution in [0.15, 0.2) is 35.8 Å². The summed E-state index contributed by atoms with van der Waals surface area (Å²) in [5.41, 5.74) is 1.01. The molecule has 7 heteroatoms. The molecule has 2 N–H and O–H groups in total. The number of nitrogens with one attached hydrogen (secondary N) is 1. The second-order valence-corrected chi connectivity index (χ2v) is 6.67. The normalized spacial score (nSPS) is 15.2. The lowest BCUT2D eigenvalue weighted by Gasteiger charge is -2.22. The molecule has 2 heterocycles. The third kappa shape index (κ3) is 4.38. The molecule has 0 radical (unpaired) electrons. The van der Waals surface area contributed by atoms with Gasteiger partial charge in [0.05, 0.1) is 0 Å². The fourth-order valence-electron chi connectivity index (χ4n) is 2.82. The first-order valence-corrected chi connectivity index (χ1v) is 9.05. The zero-order valence-electron chi connectivity index (χ0n) is 13.5. The summed E-state index contributed by atoms with van der Waals surface area (Å²) in [7, 11) is 0. The number of urea groups is 1. The molecule has 128 valence electrons. The Hall–Kier alpha value is -2.28. The lowest BCUT2D eigenvalue weighted by molar-refractivity contribution is 0.201. The van der Waals surface area contributed by atoms with Gasteiger partial charge in [-0.25, -0.2) is 9.78 Å². The molecule has 6 nitrogen and oxygen atoms in total. The van der Waals surface area contributed by atoms with Gasteiger partial charge >= 0.3 is 6.03 Å². The van der Waals surface area contributed by atoms with E-state index in [1.165, 1.54) is 0 Å². The summed E-state index contributed by atoms with van der Waals surface area (Å²) >= 11 is 1.64. The Morgan fingerprint density at radius 1 is 1.29 bits per heavy atom. The van der Waals surface area contributed by atoms with Crippen LogP contribution in [-0.4, -0.2) is 53.7 Å². The number of benzene rings is 1. The molecule has 1 aliphatic rings. The van der Waals surface area contributed by atoms with E-state index in [-0.39, 0.29) is 11.8 Å². The zero-order valence-corrected chi connectivity index (χ0v) is 14.3. The van der Waals surface area contributed by atoms with Gasteiger partial charge in [-0.15, -0.1) is 11.3 Å². The highest BCUT2D eigenvalue weighted by atomic mass is 32.1. The summed E-state index contributed by atoms with van der Waals surface area (Å²) in [6, 6.07) is 7.12. The number of aromatic hydroxyl groups is 1. The fourth-order valence-corrected chi connectivity index (χ4v) is 3.52. The first kappa shape index (κ1) is 16.6. The molecule has 2 aromatic rings. The van der Waals surface area contributed by atoms with Crippen molar-refractivity contribution in [1.29, 1.82) is 0 Å². The Morgan fingerprint density at radius 2 is 2.21 bits per heavy atom. The number of carbonyl (C=O) groups is 1. The van der Waals surface area contributed by atoms with Crippen molar-refractivity contribution in [3.05, 3.63) is 41.4 Å². The van der Waals surface area contributed by atoms with E-state index in [0.29, 0.717) is 19.5 Å². The summed E-state index contributed by atoms with van der Waals surface area (Å²) < 4.78 is 0. The van der Waals surface area contributed by atoms with Crippen molar-refractivity contribution in [3.8, 4) is 5.75 Å². The van der Waals surface area contributed by atoms with Crippen LogP contribution in [0.5, 0.6) is 5.75 Å². The van der Waals surface area contributed by atoms with Gasteiger partial charge in [0.1, 0.15) is 5.75 Å². The molecule has 24 heavy (non-hydrogen) atoms. The summed E-state index contributed by atoms with van der Waals surface area (Å²) in [5.74, 6) is 0.258. The third-order valence-electron chi connectivity index (χ3n) is 4.07. The number of aromatic nitrogens is 1. The summed E-state index contributed by atoms with van der Waals surface area (Å²) in [6.07, 6.45) is 3.47. The predicted octanol–water partition coefficient (Wildman–Crippen LogP) is 2.31. The quantitative estimate of drug-likeness (QED) is 0.891. The van der Waals surface area contributed by atoms with Gasteiger partial charge in [0, 0.05) is 44.3 Å². The van der Waals surface area contributed by atoms with Crippen molar-refractivity contribution in [3.63, 3.8) is 0 Å². The number of carbonyl (C=O) groups excluding carboxylic acids is 1. The smallest absolute Gasteiger partial charge is 0.317 e. The van der Waals surface area contributed by atoms with Crippen LogP contribution in [0.1, 0.15) is 12.0 Å². The van der Waals surface area contributed by atoms with Crippen molar-refractivity contribution >= 4 is 22.5 Å². The van der Waals surface area contributed by atoms with E-state index >= 15 is 0 Å². The Labute approximate surface area is 145 Å². The summed E-state index contributed by atoms with van der Waals surface area (Å²) in [4.78, 5) is 20.8. The number of amides is 2. The van der Waals surface area contributed by atoms with Crippen molar-refractivity contribution < 1.29 is 9.90 Å². The van der Waals surface area contributed by atoms with Gasteiger partial charge in [-0.05, 0) is 30.5 Å². The number of thiazole rings is 1. The molecule has 1 aromatic carbocycles. The van der Waals surface area contributed by atoms with Gasteiger partial charge < -0.3 is 20.2 Å². The van der Waals surface area contributed by atoms with E-state index < -0.39 is 0 Å². The monoisotopic (exact) mass is 346 g/mol. The van der Waals surface area contributed by atoms with E-state index in [2.05, 4.69) is 15.2 Å². The fraction of sp³-hybridized carbons (Fsp3) is 0.412. The lowest BCUT2D eigenvalue weighted by Crippen LogP contribution is -2.42. The topological polar surface area (TPSA) is 68.7 Å². The van der Waals surface area contributed by atoms with Gasteiger partial charge in [-0.2, -0.15) is 0 Å². The molecular weight excluding hydrogens is 324 g/mol. The molecule has 1 aliphatic heterocycles. The van der Waals surface area contributed by atoms with Crippen LogP contribution in [0.25, 0.3) is 0 Å². The first-order valence-electron chi connectivity index (χ1n) is 8.17. The van der Waals surface area contributed by atoms with Gasteiger partial charge in [0.15, 0.2) is 5.13 Å². The van der Waals surface area contributed by atoms with E-state index in [1.54, 1.807) is 23.5 Å². The van der Waals surface area contributed by atoms with Crippen molar-refractivity contribution in [2.75, 3.05) is 37.6 Å². The minimum absolute atomic E-state index is 0.0175. The molecular formula is C17H22N4O2S. The van der Waals surface area contributed by atoms with Crippen LogP contribution < -0.4 is 10.2 Å². The van der Waals surface area contributed by atoms with Crippen LogP contribution in [0.2, 0.25) is 0 Å². The van der Waals surface area contributed by atoms with Crippen molar-refractivity contribution in [1.82, 2.24) is 15.2 Å². The van der Waals surface area contributed by atoms with Gasteiger partial charge in [0.25, 0.3) is 0 Å². The number of hydrogen-bond donors (Lipinski definition) is 2. The molecule has 2 amide bonds. The summed E-state index contributed by atoms with van der Waals surface area (Å²) in [6.45, 7) is 3.78. The maximum absolute atomic E-state index is 12.3. The van der Waals surface area contributed by atoms with Gasteiger partial charge in [-0.3, -0.25) is 0 Å². The average Bonchev–Trinajstić information content (AvgIpc) is 2.99. The van der Waals surface area contributed by atoms with E-state index in [4.69, 9.17) is 0 Å². The number of hydrogen-bond acceptors (Lipinski definition) is 5. The highest BCUT2D eigenvalue weighted by Crippen LogP contribution is 2.19. The molecule has 0 saturated carbocycles. The summed E-state index contributed by atoms with van der Waals surface area (Å²) in [5, 5.41) is 15.4. The highest BCUT2D eigenvalue weighted by Gasteiger charge is 2.19. The average molecular weight is 346 g/mol. The van der Waals surface area contributed by atoms with Crippen LogP contribution in [0.3, 0.4) is 0 Å². The van der Waals surface area contributed by atoms with Gasteiger partial charge in [0.2, 0.25) is 0 Å². The van der Waals surface area contributed by atoms with Crippen LogP contribution >= 0.6 is 11.3 Å². The van der Waals surface area contributed by atoms with Gasteiger partial charge in [-0.1, -0.05) is 12.1 Å². The zero-order chi connectivity index (χ0) is 16.8. The molecule has 0 spiro atoms. The standard InChI is InChI=1S/C17H22N4O2S/c22-15-4-1-3-14(13-15)5-6-18-16(23)20-8-2-9-21(11-10-20)17-19-7-12-24-17/h1,3-4,7,12-13,22H,2,5-6,8-11H2,(H,18,23). The number of phenols is 1. The van der Waals surface area contributed by atoms with Crippen LogP contribution in [0, 0.1) is 0 Å². The molecule has 0 bridgehead atoms. The predicted molar refractivity (Wildman–Crippen MR) is 95.7 cm³/mol. The maximum atomic E-state index is 12.3. The highest BCUT2D eigenvalue weighted by molar-refractivity contribution is 7.13. The second kappa shape index (κ2) is 8.01. The number of nitrogens with zero attached hydrogens (tertiary/aromatic N) is 3. The number of anilines is 1. The SMILES string of the molecule is O=C(NCCc1cccc(O)c1)N1CCCN(c2nccs2)CC1. The Bertz CT molecular complexity index is 662. The molecule has 0 unspecified atom stereocenters. The molecule has 1 saturated heterocycles. The lowest BCUT2D eigenvalue weighted by atomic mass is 10.1. The minimum Gasteiger partial charge on any atom is -0.508 e. The molecule has 1 fully saturated rings. The van der Waals surface area contributed by atoms with Crippen molar-refractivity contribution in [2.24, 2.45) is 0 Å². The molecule has 3 rings (SSSR count). The second-order valence-electron chi connectivity index (χ2n) is 5.79. The Kier molecular flexibility index (Phi) is 5.53. The van der Waals surface area contributed by atoms with E-state index in [9.17, 15) is 9.90 Å². The third-order valence-corrected chi connectivity index (χ3v) is 4.91. The first-order chi connectivity index (χ1) is 11.7. The number of rotatable bonds is 4. The largest absolute Gasteiger partial charge is 0.508 e.